The van der Waals surface area contributed by atoms with Crippen molar-refractivity contribution in [3.63, 3.8) is 0 Å². The van der Waals surface area contributed by atoms with Crippen LogP contribution in [0.15, 0.2) is 24.3 Å². The van der Waals surface area contributed by atoms with Crippen LogP contribution >= 0.6 is 11.8 Å². The topological polar surface area (TPSA) is 49.3 Å². The quantitative estimate of drug-likeness (QED) is 0.669. The van der Waals surface area contributed by atoms with Gasteiger partial charge in [0.2, 0.25) is 0 Å². The lowest BCUT2D eigenvalue weighted by atomic mass is 10.2. The van der Waals surface area contributed by atoms with Gasteiger partial charge in [-0.05, 0) is 43.0 Å². The van der Waals surface area contributed by atoms with Gasteiger partial charge in [-0.25, -0.2) is 4.79 Å². The van der Waals surface area contributed by atoms with Crippen LogP contribution in [0, 0.1) is 0 Å². The molecule has 0 aromatic heterocycles. The first kappa shape index (κ1) is 14.9. The Kier molecular flexibility index (Phi) is 7.34. The lowest BCUT2D eigenvalue weighted by molar-refractivity contribution is 0.0697. The average Bonchev–Trinajstić information content (AvgIpc) is 2.38. The van der Waals surface area contributed by atoms with Crippen molar-refractivity contribution >= 4 is 23.4 Å². The summed E-state index contributed by atoms with van der Waals surface area (Å²) < 4.78 is 0. The number of hydrogen-bond donors (Lipinski definition) is 2. The zero-order valence-corrected chi connectivity index (χ0v) is 11.6. The molecule has 0 fully saturated rings. The number of aromatic carboxylic acids is 1. The number of benzene rings is 1. The molecule has 1 aromatic carbocycles. The van der Waals surface area contributed by atoms with Gasteiger partial charge in [0.1, 0.15) is 0 Å². The summed E-state index contributed by atoms with van der Waals surface area (Å²) >= 11 is 1.90. The van der Waals surface area contributed by atoms with Gasteiger partial charge in [-0.2, -0.15) is 11.8 Å². The van der Waals surface area contributed by atoms with Crippen LogP contribution in [-0.4, -0.2) is 29.6 Å². The van der Waals surface area contributed by atoms with Crippen LogP contribution in [-0.2, 0) is 0 Å². The highest BCUT2D eigenvalue weighted by atomic mass is 32.2. The molecule has 0 aliphatic rings. The molecule has 4 heteroatoms. The Hall–Kier alpha value is -1.16. The molecule has 0 heterocycles. The van der Waals surface area contributed by atoms with Gasteiger partial charge in [0, 0.05) is 12.2 Å². The fraction of sp³-hybridized carbons (Fsp3) is 0.500. The van der Waals surface area contributed by atoms with Gasteiger partial charge in [0.15, 0.2) is 0 Å². The molecule has 2 N–H and O–H groups in total. The molecular weight excluding hydrogens is 246 g/mol. The van der Waals surface area contributed by atoms with Crippen LogP contribution in [0.3, 0.4) is 0 Å². The van der Waals surface area contributed by atoms with Gasteiger partial charge >= 0.3 is 5.97 Å². The largest absolute Gasteiger partial charge is 0.478 e. The van der Waals surface area contributed by atoms with E-state index < -0.39 is 5.97 Å². The number of rotatable bonds is 9. The molecule has 0 bridgehead atoms. The van der Waals surface area contributed by atoms with Crippen LogP contribution < -0.4 is 5.32 Å². The number of hydrogen-bond acceptors (Lipinski definition) is 3. The smallest absolute Gasteiger partial charge is 0.335 e. The molecule has 0 aliphatic carbocycles. The summed E-state index contributed by atoms with van der Waals surface area (Å²) in [7, 11) is 0. The maximum atomic E-state index is 10.8. The Bertz CT molecular complexity index is 369. The standard InChI is InChI=1S/C14H21NO2S/c1-18-10-5-3-2-4-9-15-13-8-6-7-12(11-13)14(16)17/h6-8,11,15H,2-5,9-10H2,1H3,(H,16,17). The van der Waals surface area contributed by atoms with Crippen molar-refractivity contribution in [1.29, 1.82) is 0 Å². The summed E-state index contributed by atoms with van der Waals surface area (Å²) in [5, 5.41) is 12.1. The van der Waals surface area contributed by atoms with Crippen LogP contribution in [0.4, 0.5) is 5.69 Å². The SMILES string of the molecule is CSCCCCCCNc1cccc(C(=O)O)c1. The number of nitrogens with one attached hydrogen (secondary N) is 1. The average molecular weight is 267 g/mol. The monoisotopic (exact) mass is 267 g/mol. The van der Waals surface area contributed by atoms with E-state index >= 15 is 0 Å². The molecule has 18 heavy (non-hydrogen) atoms. The van der Waals surface area contributed by atoms with E-state index in [2.05, 4.69) is 11.6 Å². The third kappa shape index (κ3) is 5.96. The van der Waals surface area contributed by atoms with Gasteiger partial charge in [0.05, 0.1) is 5.56 Å². The number of thioether (sulfide) groups is 1. The van der Waals surface area contributed by atoms with Crippen molar-refractivity contribution in [1.82, 2.24) is 0 Å². The van der Waals surface area contributed by atoms with E-state index in [-0.39, 0.29) is 0 Å². The number of carboxylic acid groups (broad SMARTS) is 1. The van der Waals surface area contributed by atoms with Gasteiger partial charge in [-0.3, -0.25) is 0 Å². The van der Waals surface area contributed by atoms with E-state index in [0.717, 1.165) is 18.7 Å². The molecule has 1 aromatic rings. The van der Waals surface area contributed by atoms with Crippen LogP contribution in [0.5, 0.6) is 0 Å². The number of carbonyl (C=O) groups is 1. The van der Waals surface area contributed by atoms with Gasteiger partial charge in [0.25, 0.3) is 0 Å². The second-order valence-corrected chi connectivity index (χ2v) is 5.21. The van der Waals surface area contributed by atoms with E-state index in [4.69, 9.17) is 5.11 Å². The third-order valence-corrected chi connectivity index (χ3v) is 3.41. The zero-order valence-electron chi connectivity index (χ0n) is 10.8. The Morgan fingerprint density at radius 3 is 2.78 bits per heavy atom. The van der Waals surface area contributed by atoms with Crippen molar-refractivity contribution in [2.24, 2.45) is 0 Å². The predicted molar refractivity (Wildman–Crippen MR) is 78.7 cm³/mol. The molecule has 0 atom stereocenters. The molecule has 0 radical (unpaired) electrons. The first-order valence-corrected chi connectivity index (χ1v) is 7.69. The number of carboxylic acids is 1. The number of unbranched alkanes of at least 4 members (excludes halogenated alkanes) is 3. The van der Waals surface area contributed by atoms with Crippen molar-refractivity contribution in [3.8, 4) is 0 Å². The second kappa shape index (κ2) is 8.86. The molecular formula is C14H21NO2S. The highest BCUT2D eigenvalue weighted by Gasteiger charge is 2.02. The highest BCUT2D eigenvalue weighted by molar-refractivity contribution is 7.98. The lowest BCUT2D eigenvalue weighted by Gasteiger charge is -2.07. The van der Waals surface area contributed by atoms with Gasteiger partial charge < -0.3 is 10.4 Å². The van der Waals surface area contributed by atoms with Crippen molar-refractivity contribution < 1.29 is 9.90 Å². The fourth-order valence-electron chi connectivity index (χ4n) is 1.72. The first-order valence-electron chi connectivity index (χ1n) is 6.30. The Balaban J connectivity index is 2.19. The molecule has 3 nitrogen and oxygen atoms in total. The van der Waals surface area contributed by atoms with Crippen LogP contribution in [0.1, 0.15) is 36.0 Å². The molecule has 0 saturated heterocycles. The highest BCUT2D eigenvalue weighted by Crippen LogP contribution is 2.11. The van der Waals surface area contributed by atoms with E-state index in [1.165, 1.54) is 25.0 Å². The van der Waals surface area contributed by atoms with Crippen molar-refractivity contribution in [3.05, 3.63) is 29.8 Å². The molecule has 100 valence electrons. The molecule has 0 aliphatic heterocycles. The Morgan fingerprint density at radius 2 is 2.06 bits per heavy atom. The normalized spacial score (nSPS) is 10.3. The Morgan fingerprint density at radius 1 is 1.28 bits per heavy atom. The first-order chi connectivity index (χ1) is 8.74. The molecule has 0 amide bonds. The molecule has 0 saturated carbocycles. The van der Waals surface area contributed by atoms with Crippen molar-refractivity contribution in [2.75, 3.05) is 23.9 Å². The van der Waals surface area contributed by atoms with Gasteiger partial charge in [-0.1, -0.05) is 18.9 Å². The predicted octanol–water partition coefficient (Wildman–Crippen LogP) is 3.72. The van der Waals surface area contributed by atoms with Crippen LogP contribution in [0.25, 0.3) is 0 Å². The summed E-state index contributed by atoms with van der Waals surface area (Å²) in [6, 6.07) is 6.95. The van der Waals surface area contributed by atoms with E-state index in [9.17, 15) is 4.79 Å². The maximum Gasteiger partial charge on any atom is 0.335 e. The fourth-order valence-corrected chi connectivity index (χ4v) is 2.21. The summed E-state index contributed by atoms with van der Waals surface area (Å²) in [6.45, 7) is 0.905. The third-order valence-electron chi connectivity index (χ3n) is 2.71. The minimum Gasteiger partial charge on any atom is -0.478 e. The van der Waals surface area contributed by atoms with Gasteiger partial charge in [-0.15, -0.1) is 0 Å². The van der Waals surface area contributed by atoms with Crippen molar-refractivity contribution in [2.45, 2.75) is 25.7 Å². The minimum absolute atomic E-state index is 0.333. The molecule has 1 rings (SSSR count). The Labute approximate surface area is 113 Å². The van der Waals surface area contributed by atoms with Crippen LogP contribution in [0.2, 0.25) is 0 Å². The maximum absolute atomic E-state index is 10.8. The molecule has 0 spiro atoms. The summed E-state index contributed by atoms with van der Waals surface area (Å²) in [5.74, 6) is 0.365. The van der Waals surface area contributed by atoms with E-state index in [1.807, 2.05) is 17.8 Å². The number of anilines is 1. The summed E-state index contributed by atoms with van der Waals surface area (Å²) in [6.07, 6.45) is 7.06. The minimum atomic E-state index is -0.879. The van der Waals surface area contributed by atoms with E-state index in [0.29, 0.717) is 5.56 Å². The summed E-state index contributed by atoms with van der Waals surface area (Å²) in [4.78, 5) is 10.8. The zero-order chi connectivity index (χ0) is 13.2. The van der Waals surface area contributed by atoms with E-state index in [1.54, 1.807) is 18.2 Å². The summed E-state index contributed by atoms with van der Waals surface area (Å²) in [5.41, 5.74) is 1.22. The molecule has 0 unspecified atom stereocenters. The second-order valence-electron chi connectivity index (χ2n) is 4.22. The lowest BCUT2D eigenvalue weighted by Crippen LogP contribution is -2.03.